The highest BCUT2D eigenvalue weighted by Gasteiger charge is 2.13. The number of hydrogen-bond donors (Lipinski definition) is 2. The average Bonchev–Trinajstić information content (AvgIpc) is 2.53. The van der Waals surface area contributed by atoms with Crippen LogP contribution in [-0.4, -0.2) is 42.3 Å². The summed E-state index contributed by atoms with van der Waals surface area (Å²) < 4.78 is 0. The number of urea groups is 1. The fourth-order valence-corrected chi connectivity index (χ4v) is 2.26. The van der Waals surface area contributed by atoms with E-state index in [-0.39, 0.29) is 18.7 Å². The van der Waals surface area contributed by atoms with Crippen LogP contribution in [-0.2, 0) is 6.42 Å². The number of carbonyl (C=O) groups is 1. The number of benzene rings is 2. The van der Waals surface area contributed by atoms with Crippen LogP contribution in [0.25, 0.3) is 10.8 Å². The number of nitrogens with zero attached hydrogens (tertiary/aromatic N) is 1. The summed E-state index contributed by atoms with van der Waals surface area (Å²) in [6, 6.07) is 14.1. The first-order valence-electron chi connectivity index (χ1n) is 7.21. The molecule has 0 spiro atoms. The van der Waals surface area contributed by atoms with Crippen molar-refractivity contribution in [3.05, 3.63) is 48.0 Å². The number of fused-ring (bicyclic) bond motifs is 1. The molecular formula is C17H22N2O2. The standard InChI is InChI=1S/C17H22N2O2/c1-13(12-20)19(2)17(21)18-11-10-15-8-5-7-14-6-3-4-9-16(14)15/h3-9,13,20H,10-12H2,1-2H3,(H,18,21). The fraction of sp³-hybridized carbons (Fsp3) is 0.353. The molecule has 4 nitrogen and oxygen atoms in total. The van der Waals surface area contributed by atoms with E-state index in [9.17, 15) is 4.79 Å². The third-order valence-electron chi connectivity index (χ3n) is 3.80. The zero-order chi connectivity index (χ0) is 15.2. The molecule has 0 radical (unpaired) electrons. The van der Waals surface area contributed by atoms with E-state index >= 15 is 0 Å². The normalized spacial score (nSPS) is 12.1. The average molecular weight is 286 g/mol. The summed E-state index contributed by atoms with van der Waals surface area (Å²) in [6.07, 6.45) is 0.786. The summed E-state index contributed by atoms with van der Waals surface area (Å²) in [5.41, 5.74) is 1.23. The Morgan fingerprint density at radius 3 is 2.71 bits per heavy atom. The van der Waals surface area contributed by atoms with Crippen molar-refractivity contribution in [1.29, 1.82) is 0 Å². The van der Waals surface area contributed by atoms with E-state index in [4.69, 9.17) is 5.11 Å². The Morgan fingerprint density at radius 2 is 1.95 bits per heavy atom. The number of nitrogens with one attached hydrogen (secondary N) is 1. The van der Waals surface area contributed by atoms with Crippen LogP contribution >= 0.6 is 0 Å². The van der Waals surface area contributed by atoms with Crippen molar-refractivity contribution >= 4 is 16.8 Å². The lowest BCUT2D eigenvalue weighted by atomic mass is 10.0. The highest BCUT2D eigenvalue weighted by molar-refractivity contribution is 5.85. The molecule has 2 rings (SSSR count). The first-order chi connectivity index (χ1) is 10.1. The number of carbonyl (C=O) groups excluding carboxylic acids is 1. The van der Waals surface area contributed by atoms with Crippen LogP contribution < -0.4 is 5.32 Å². The Labute approximate surface area is 125 Å². The van der Waals surface area contributed by atoms with E-state index in [0.717, 1.165) is 6.42 Å². The fourth-order valence-electron chi connectivity index (χ4n) is 2.26. The topological polar surface area (TPSA) is 52.6 Å². The number of rotatable bonds is 5. The van der Waals surface area contributed by atoms with Crippen LogP contribution in [0.3, 0.4) is 0 Å². The monoisotopic (exact) mass is 286 g/mol. The van der Waals surface area contributed by atoms with Crippen molar-refractivity contribution in [3.8, 4) is 0 Å². The zero-order valence-corrected chi connectivity index (χ0v) is 12.5. The van der Waals surface area contributed by atoms with E-state index in [2.05, 4.69) is 29.6 Å². The molecule has 0 aliphatic carbocycles. The molecular weight excluding hydrogens is 264 g/mol. The maximum Gasteiger partial charge on any atom is 0.317 e. The number of aliphatic hydroxyl groups excluding tert-OH is 1. The minimum atomic E-state index is -0.178. The van der Waals surface area contributed by atoms with Gasteiger partial charge in [0.2, 0.25) is 0 Å². The Bertz CT molecular complexity index is 607. The van der Waals surface area contributed by atoms with Gasteiger partial charge in [-0.05, 0) is 29.7 Å². The molecule has 2 N–H and O–H groups in total. The van der Waals surface area contributed by atoms with Gasteiger partial charge < -0.3 is 15.3 Å². The minimum absolute atomic E-state index is 0.0345. The van der Waals surface area contributed by atoms with Gasteiger partial charge >= 0.3 is 6.03 Å². The molecule has 1 atom stereocenters. The van der Waals surface area contributed by atoms with Crippen LogP contribution in [0.1, 0.15) is 12.5 Å². The maximum absolute atomic E-state index is 11.9. The van der Waals surface area contributed by atoms with E-state index in [0.29, 0.717) is 6.54 Å². The molecule has 21 heavy (non-hydrogen) atoms. The highest BCUT2D eigenvalue weighted by atomic mass is 16.3. The van der Waals surface area contributed by atoms with Gasteiger partial charge in [0.15, 0.2) is 0 Å². The van der Waals surface area contributed by atoms with Gasteiger partial charge in [0.25, 0.3) is 0 Å². The molecule has 1 unspecified atom stereocenters. The summed E-state index contributed by atoms with van der Waals surface area (Å²) in [6.45, 7) is 2.35. The van der Waals surface area contributed by atoms with Crippen LogP contribution in [0.4, 0.5) is 4.79 Å². The molecule has 0 saturated carbocycles. The molecule has 2 amide bonds. The van der Waals surface area contributed by atoms with Gasteiger partial charge in [-0.1, -0.05) is 42.5 Å². The molecule has 0 heterocycles. The van der Waals surface area contributed by atoms with Crippen molar-refractivity contribution in [1.82, 2.24) is 10.2 Å². The molecule has 0 aromatic heterocycles. The smallest absolute Gasteiger partial charge is 0.317 e. The van der Waals surface area contributed by atoms with Crippen LogP contribution in [0, 0.1) is 0 Å². The Kier molecular flexibility index (Phi) is 5.17. The maximum atomic E-state index is 11.9. The van der Waals surface area contributed by atoms with Crippen molar-refractivity contribution in [3.63, 3.8) is 0 Å². The van der Waals surface area contributed by atoms with E-state index in [1.807, 2.05) is 25.1 Å². The van der Waals surface area contributed by atoms with Crippen LogP contribution in [0.2, 0.25) is 0 Å². The highest BCUT2D eigenvalue weighted by Crippen LogP contribution is 2.18. The van der Waals surface area contributed by atoms with Gasteiger partial charge in [-0.2, -0.15) is 0 Å². The van der Waals surface area contributed by atoms with Crippen molar-refractivity contribution in [2.24, 2.45) is 0 Å². The Balaban J connectivity index is 1.95. The lowest BCUT2D eigenvalue weighted by molar-refractivity contribution is 0.157. The van der Waals surface area contributed by atoms with Gasteiger partial charge in [0, 0.05) is 13.6 Å². The summed E-state index contributed by atoms with van der Waals surface area (Å²) in [7, 11) is 1.69. The predicted octanol–water partition coefficient (Wildman–Crippen LogP) is 2.40. The molecule has 112 valence electrons. The second kappa shape index (κ2) is 7.09. The van der Waals surface area contributed by atoms with Crippen molar-refractivity contribution in [2.45, 2.75) is 19.4 Å². The second-order valence-corrected chi connectivity index (χ2v) is 5.26. The summed E-state index contributed by atoms with van der Waals surface area (Å²) in [5.74, 6) is 0. The zero-order valence-electron chi connectivity index (χ0n) is 12.5. The quantitative estimate of drug-likeness (QED) is 0.887. The van der Waals surface area contributed by atoms with Gasteiger partial charge in [0.1, 0.15) is 0 Å². The first-order valence-corrected chi connectivity index (χ1v) is 7.21. The van der Waals surface area contributed by atoms with Gasteiger partial charge in [-0.3, -0.25) is 0 Å². The Hall–Kier alpha value is -2.07. The molecule has 4 heteroatoms. The van der Waals surface area contributed by atoms with E-state index < -0.39 is 0 Å². The second-order valence-electron chi connectivity index (χ2n) is 5.26. The Morgan fingerprint density at radius 1 is 1.24 bits per heavy atom. The van der Waals surface area contributed by atoms with Gasteiger partial charge in [0.05, 0.1) is 12.6 Å². The number of hydrogen-bond acceptors (Lipinski definition) is 2. The number of likely N-dealkylation sites (N-methyl/N-ethyl adjacent to an activating group) is 1. The number of aliphatic hydroxyl groups is 1. The predicted molar refractivity (Wildman–Crippen MR) is 85.4 cm³/mol. The largest absolute Gasteiger partial charge is 0.394 e. The lowest BCUT2D eigenvalue weighted by Crippen LogP contribution is -2.44. The van der Waals surface area contributed by atoms with Crippen LogP contribution in [0.5, 0.6) is 0 Å². The van der Waals surface area contributed by atoms with Gasteiger partial charge in [-0.25, -0.2) is 4.79 Å². The summed E-state index contributed by atoms with van der Waals surface area (Å²) >= 11 is 0. The third-order valence-corrected chi connectivity index (χ3v) is 3.80. The van der Waals surface area contributed by atoms with Crippen molar-refractivity contribution in [2.75, 3.05) is 20.2 Å². The van der Waals surface area contributed by atoms with Gasteiger partial charge in [-0.15, -0.1) is 0 Å². The molecule has 0 saturated heterocycles. The molecule has 0 aliphatic heterocycles. The van der Waals surface area contributed by atoms with Crippen molar-refractivity contribution < 1.29 is 9.90 Å². The van der Waals surface area contributed by atoms with Crippen LogP contribution in [0.15, 0.2) is 42.5 Å². The summed E-state index contributed by atoms with van der Waals surface area (Å²) in [5, 5.41) is 14.4. The first kappa shape index (κ1) is 15.3. The molecule has 2 aromatic carbocycles. The SMILES string of the molecule is CC(CO)N(C)C(=O)NCCc1cccc2ccccc12. The molecule has 0 aliphatic rings. The molecule has 0 bridgehead atoms. The molecule has 2 aromatic rings. The lowest BCUT2D eigenvalue weighted by Gasteiger charge is -2.23. The summed E-state index contributed by atoms with van der Waals surface area (Å²) in [4.78, 5) is 13.4. The third kappa shape index (κ3) is 3.73. The van der Waals surface area contributed by atoms with E-state index in [1.165, 1.54) is 21.2 Å². The van der Waals surface area contributed by atoms with E-state index in [1.54, 1.807) is 7.05 Å². The number of amides is 2. The minimum Gasteiger partial charge on any atom is -0.394 e. The molecule has 0 fully saturated rings.